The Labute approximate surface area is 111 Å². The van der Waals surface area contributed by atoms with Gasteiger partial charge in [0.25, 0.3) is 0 Å². The first-order valence-corrected chi connectivity index (χ1v) is 7.09. The van der Waals surface area contributed by atoms with Crippen molar-refractivity contribution in [1.29, 1.82) is 0 Å². The van der Waals surface area contributed by atoms with Crippen molar-refractivity contribution in [2.24, 2.45) is 0 Å². The van der Waals surface area contributed by atoms with Gasteiger partial charge in [-0.1, -0.05) is 0 Å². The normalized spacial score (nSPS) is 23.1. The molecule has 0 amide bonds. The fourth-order valence-electron chi connectivity index (χ4n) is 3.01. The molecule has 1 aliphatic heterocycles. The molecule has 1 aliphatic rings. The molecule has 0 spiro atoms. The van der Waals surface area contributed by atoms with Crippen LogP contribution in [-0.4, -0.2) is 31.1 Å². The van der Waals surface area contributed by atoms with E-state index in [1.165, 1.54) is 31.4 Å². The van der Waals surface area contributed by atoms with Gasteiger partial charge in [-0.05, 0) is 66.2 Å². The number of aryl methyl sites for hydroxylation is 2. The Kier molecular flexibility index (Phi) is 4.46. The second-order valence-electron chi connectivity index (χ2n) is 5.54. The quantitative estimate of drug-likeness (QED) is 0.894. The lowest BCUT2D eigenvalue weighted by Crippen LogP contribution is -2.34. The third-order valence-electron chi connectivity index (χ3n) is 4.26. The predicted octanol–water partition coefficient (Wildman–Crippen LogP) is 3.03. The van der Waals surface area contributed by atoms with Gasteiger partial charge in [-0.15, -0.1) is 0 Å². The van der Waals surface area contributed by atoms with Crippen LogP contribution in [0.2, 0.25) is 0 Å². The minimum Gasteiger partial charge on any atom is -0.466 e. The minimum atomic E-state index is 0.436. The average molecular weight is 250 g/mol. The zero-order chi connectivity index (χ0) is 13.1. The fraction of sp³-hybridized carbons (Fsp3) is 0.733. The lowest BCUT2D eigenvalue weighted by Gasteiger charge is -2.32. The van der Waals surface area contributed by atoms with Crippen molar-refractivity contribution in [2.75, 3.05) is 20.1 Å². The topological polar surface area (TPSA) is 28.4 Å². The minimum absolute atomic E-state index is 0.436. The van der Waals surface area contributed by atoms with E-state index >= 15 is 0 Å². The number of hydrogen-bond donors (Lipinski definition) is 1. The van der Waals surface area contributed by atoms with Crippen LogP contribution in [0.1, 0.15) is 49.3 Å². The van der Waals surface area contributed by atoms with E-state index in [-0.39, 0.29) is 0 Å². The number of hydrogen-bond acceptors (Lipinski definition) is 3. The van der Waals surface area contributed by atoms with Crippen LogP contribution in [0.3, 0.4) is 0 Å². The van der Waals surface area contributed by atoms with E-state index in [2.05, 4.69) is 37.2 Å². The molecule has 0 bridgehead atoms. The molecular formula is C15H26N2O. The van der Waals surface area contributed by atoms with E-state index in [4.69, 9.17) is 4.42 Å². The Morgan fingerprint density at radius 2 is 2.11 bits per heavy atom. The van der Waals surface area contributed by atoms with Crippen LogP contribution >= 0.6 is 0 Å². The first-order chi connectivity index (χ1) is 8.59. The van der Waals surface area contributed by atoms with Crippen LogP contribution in [0, 0.1) is 13.8 Å². The second-order valence-corrected chi connectivity index (χ2v) is 5.54. The summed E-state index contributed by atoms with van der Waals surface area (Å²) in [6.45, 7) is 8.70. The molecule has 3 nitrogen and oxygen atoms in total. The summed E-state index contributed by atoms with van der Waals surface area (Å²) < 4.78 is 5.66. The Morgan fingerprint density at radius 3 is 2.78 bits per heavy atom. The molecule has 18 heavy (non-hydrogen) atoms. The average Bonchev–Trinajstić information content (AvgIpc) is 2.59. The molecule has 1 aromatic rings. The molecule has 102 valence electrons. The summed E-state index contributed by atoms with van der Waals surface area (Å²) in [6.07, 6.45) is 3.82. The van der Waals surface area contributed by atoms with Gasteiger partial charge in [0, 0.05) is 17.6 Å². The summed E-state index contributed by atoms with van der Waals surface area (Å²) in [4.78, 5) is 2.52. The molecule has 0 radical (unpaired) electrons. The highest BCUT2D eigenvalue weighted by molar-refractivity contribution is 5.23. The molecule has 1 aromatic heterocycles. The molecule has 2 heterocycles. The lowest BCUT2D eigenvalue weighted by atomic mass is 10.0. The van der Waals surface area contributed by atoms with Crippen molar-refractivity contribution in [3.63, 3.8) is 0 Å². The highest BCUT2D eigenvalue weighted by Crippen LogP contribution is 2.28. The Hall–Kier alpha value is -0.800. The van der Waals surface area contributed by atoms with E-state index in [0.717, 1.165) is 18.1 Å². The molecule has 2 rings (SSSR count). The molecule has 0 saturated carbocycles. The van der Waals surface area contributed by atoms with Crippen LogP contribution in [0.4, 0.5) is 0 Å². The SMILES string of the molecule is Cc1cc(C(C)N(C)C2CCCNCC2)c(C)o1. The summed E-state index contributed by atoms with van der Waals surface area (Å²) in [6, 6.07) is 3.31. The number of nitrogens with one attached hydrogen (secondary N) is 1. The largest absolute Gasteiger partial charge is 0.466 e. The van der Waals surface area contributed by atoms with Gasteiger partial charge >= 0.3 is 0 Å². The number of rotatable bonds is 3. The number of nitrogens with zero attached hydrogens (tertiary/aromatic N) is 1. The maximum Gasteiger partial charge on any atom is 0.105 e. The third kappa shape index (κ3) is 2.96. The van der Waals surface area contributed by atoms with Crippen molar-refractivity contribution in [2.45, 2.75) is 52.1 Å². The molecule has 1 N–H and O–H groups in total. The summed E-state index contributed by atoms with van der Waals surface area (Å²) in [7, 11) is 2.25. The Morgan fingerprint density at radius 1 is 1.33 bits per heavy atom. The fourth-order valence-corrected chi connectivity index (χ4v) is 3.01. The van der Waals surface area contributed by atoms with E-state index in [1.54, 1.807) is 0 Å². The summed E-state index contributed by atoms with van der Waals surface area (Å²) in [5.41, 5.74) is 1.34. The van der Waals surface area contributed by atoms with Gasteiger partial charge in [-0.3, -0.25) is 4.90 Å². The Balaban J connectivity index is 2.07. The molecule has 2 atom stereocenters. The zero-order valence-electron chi connectivity index (χ0n) is 12.1. The van der Waals surface area contributed by atoms with Gasteiger partial charge in [0.15, 0.2) is 0 Å². The maximum atomic E-state index is 5.66. The summed E-state index contributed by atoms with van der Waals surface area (Å²) in [5, 5.41) is 3.48. The van der Waals surface area contributed by atoms with Gasteiger partial charge in [0.05, 0.1) is 0 Å². The van der Waals surface area contributed by atoms with E-state index < -0.39 is 0 Å². The predicted molar refractivity (Wildman–Crippen MR) is 74.9 cm³/mol. The Bertz CT molecular complexity index is 378. The van der Waals surface area contributed by atoms with Crippen LogP contribution < -0.4 is 5.32 Å². The van der Waals surface area contributed by atoms with Gasteiger partial charge in [0.2, 0.25) is 0 Å². The van der Waals surface area contributed by atoms with Crippen LogP contribution in [0.25, 0.3) is 0 Å². The highest BCUT2D eigenvalue weighted by atomic mass is 16.3. The maximum absolute atomic E-state index is 5.66. The molecule has 3 heteroatoms. The molecule has 1 saturated heterocycles. The van der Waals surface area contributed by atoms with Crippen LogP contribution in [0.5, 0.6) is 0 Å². The smallest absolute Gasteiger partial charge is 0.105 e. The van der Waals surface area contributed by atoms with Gasteiger partial charge in [0.1, 0.15) is 11.5 Å². The molecule has 0 aromatic carbocycles. The van der Waals surface area contributed by atoms with Crippen molar-refractivity contribution < 1.29 is 4.42 Å². The van der Waals surface area contributed by atoms with Crippen molar-refractivity contribution in [3.8, 4) is 0 Å². The van der Waals surface area contributed by atoms with Crippen molar-refractivity contribution in [3.05, 3.63) is 23.2 Å². The molecular weight excluding hydrogens is 224 g/mol. The lowest BCUT2D eigenvalue weighted by molar-refractivity contribution is 0.170. The molecule has 0 aliphatic carbocycles. The van der Waals surface area contributed by atoms with Gasteiger partial charge in [-0.2, -0.15) is 0 Å². The second kappa shape index (κ2) is 5.89. The first kappa shape index (κ1) is 13.6. The monoisotopic (exact) mass is 250 g/mol. The molecule has 2 unspecified atom stereocenters. The highest BCUT2D eigenvalue weighted by Gasteiger charge is 2.24. The van der Waals surface area contributed by atoms with Crippen LogP contribution in [0.15, 0.2) is 10.5 Å². The number of furan rings is 1. The zero-order valence-corrected chi connectivity index (χ0v) is 12.1. The van der Waals surface area contributed by atoms with Crippen molar-refractivity contribution >= 4 is 0 Å². The molecule has 1 fully saturated rings. The van der Waals surface area contributed by atoms with Gasteiger partial charge in [-0.25, -0.2) is 0 Å². The van der Waals surface area contributed by atoms with E-state index in [0.29, 0.717) is 12.1 Å². The third-order valence-corrected chi connectivity index (χ3v) is 4.26. The van der Waals surface area contributed by atoms with E-state index in [1.807, 2.05) is 6.92 Å². The van der Waals surface area contributed by atoms with Crippen LogP contribution in [-0.2, 0) is 0 Å². The van der Waals surface area contributed by atoms with Gasteiger partial charge < -0.3 is 9.73 Å². The van der Waals surface area contributed by atoms with E-state index in [9.17, 15) is 0 Å². The standard InChI is InChI=1S/C15H26N2O/c1-11-10-15(13(3)18-11)12(2)17(4)14-6-5-8-16-9-7-14/h10,12,14,16H,5-9H2,1-4H3. The summed E-state index contributed by atoms with van der Waals surface area (Å²) >= 11 is 0. The summed E-state index contributed by atoms with van der Waals surface area (Å²) in [5.74, 6) is 2.09. The first-order valence-electron chi connectivity index (χ1n) is 7.09. The van der Waals surface area contributed by atoms with Crippen molar-refractivity contribution in [1.82, 2.24) is 10.2 Å².